The monoisotopic (exact) mass is 640 g/mol. The van der Waals surface area contributed by atoms with Crippen molar-refractivity contribution < 1.29 is 32.6 Å². The van der Waals surface area contributed by atoms with Gasteiger partial charge in [-0.05, 0) is 69.3 Å². The van der Waals surface area contributed by atoms with Crippen molar-refractivity contribution in [1.82, 2.24) is 30.0 Å². The van der Waals surface area contributed by atoms with Crippen LogP contribution in [-0.2, 0) is 27.8 Å². The Balaban J connectivity index is 1.63. The van der Waals surface area contributed by atoms with Gasteiger partial charge in [0.15, 0.2) is 0 Å². The van der Waals surface area contributed by atoms with Crippen molar-refractivity contribution in [3.05, 3.63) is 83.9 Å². The molecule has 2 aromatic carbocycles. The predicted molar refractivity (Wildman–Crippen MR) is 167 cm³/mol. The summed E-state index contributed by atoms with van der Waals surface area (Å²) in [6.07, 6.45) is 2.82. The number of likely N-dealkylation sites (N-methyl/N-ethyl adjacent to an activating group) is 1. The lowest BCUT2D eigenvalue weighted by Gasteiger charge is -2.34. The molecule has 13 heteroatoms. The second-order valence-electron chi connectivity index (χ2n) is 11.6. The molecule has 1 aliphatic heterocycles. The third-order valence-corrected chi connectivity index (χ3v) is 8.23. The number of carbonyl (C=O) groups is 3. The van der Waals surface area contributed by atoms with E-state index in [9.17, 15) is 23.2 Å². The van der Waals surface area contributed by atoms with E-state index in [1.165, 1.54) is 49.8 Å². The van der Waals surface area contributed by atoms with Gasteiger partial charge in [0, 0.05) is 39.9 Å². The molecule has 0 saturated carbocycles. The highest BCUT2D eigenvalue weighted by Crippen LogP contribution is 2.26. The standard InChI is InChI=1S/C33H42F2N6O5/c1-21(36-3)31(42)38-30(22(2)45-5)33(44)41-18-28(46-27-12-10-25(35)11-13-27)16-26(41)17-40(32(43)29-19-39(4)20-37-29)15-14-23-6-8-24(34)9-7-23/h6-13,19-22,26,28,30,36H,14-18H2,1-5H3,(H,38,42)/t21-,22+,26-,28-,30-/m0/s1. The Morgan fingerprint density at radius 1 is 1.07 bits per heavy atom. The predicted octanol–water partition coefficient (Wildman–Crippen LogP) is 2.56. The van der Waals surface area contributed by atoms with E-state index in [2.05, 4.69) is 15.6 Å². The molecule has 5 atom stereocenters. The number of rotatable bonds is 14. The summed E-state index contributed by atoms with van der Waals surface area (Å²) in [4.78, 5) is 48.4. The summed E-state index contributed by atoms with van der Waals surface area (Å²) in [5.41, 5.74) is 1.09. The first-order valence-electron chi connectivity index (χ1n) is 15.2. The number of methoxy groups -OCH3 is 1. The van der Waals surface area contributed by atoms with Gasteiger partial charge in [-0.1, -0.05) is 12.1 Å². The number of aryl methyl sites for hydroxylation is 1. The smallest absolute Gasteiger partial charge is 0.274 e. The van der Waals surface area contributed by atoms with Crippen LogP contribution in [0.2, 0.25) is 0 Å². The summed E-state index contributed by atoms with van der Waals surface area (Å²) in [5, 5.41) is 5.69. The normalized spacial score (nSPS) is 18.1. The van der Waals surface area contributed by atoms with Gasteiger partial charge in [0.1, 0.15) is 35.2 Å². The number of halogens is 2. The molecule has 0 radical (unpaired) electrons. The molecule has 1 aliphatic rings. The third-order valence-electron chi connectivity index (χ3n) is 8.23. The maximum absolute atomic E-state index is 14.2. The minimum atomic E-state index is -1.01. The SMILES string of the molecule is CN[C@@H](C)C(=O)N[C@H](C(=O)N1C[C@@H](Oc2ccc(F)cc2)C[C@H]1CN(CCc1ccc(F)cc1)C(=O)c1cn(C)cn1)[C@@H](C)OC. The topological polar surface area (TPSA) is 118 Å². The number of benzene rings is 2. The van der Waals surface area contributed by atoms with Crippen molar-refractivity contribution in [2.45, 2.75) is 57.0 Å². The van der Waals surface area contributed by atoms with Crippen LogP contribution in [0.5, 0.6) is 5.75 Å². The van der Waals surface area contributed by atoms with Crippen molar-refractivity contribution >= 4 is 17.7 Å². The Morgan fingerprint density at radius 2 is 1.72 bits per heavy atom. The van der Waals surface area contributed by atoms with Gasteiger partial charge < -0.3 is 34.5 Å². The van der Waals surface area contributed by atoms with Gasteiger partial charge in [-0.2, -0.15) is 0 Å². The van der Waals surface area contributed by atoms with E-state index in [0.29, 0.717) is 18.6 Å². The van der Waals surface area contributed by atoms with E-state index >= 15 is 0 Å². The van der Waals surface area contributed by atoms with E-state index in [1.807, 2.05) is 0 Å². The molecule has 11 nitrogen and oxygen atoms in total. The second-order valence-corrected chi connectivity index (χ2v) is 11.6. The van der Waals surface area contributed by atoms with Crippen LogP contribution in [0.3, 0.4) is 0 Å². The van der Waals surface area contributed by atoms with Gasteiger partial charge in [0.25, 0.3) is 5.91 Å². The van der Waals surface area contributed by atoms with E-state index in [4.69, 9.17) is 9.47 Å². The zero-order chi connectivity index (χ0) is 33.4. The summed E-state index contributed by atoms with van der Waals surface area (Å²) >= 11 is 0. The number of likely N-dealkylation sites (tertiary alicyclic amines) is 1. The van der Waals surface area contributed by atoms with Gasteiger partial charge >= 0.3 is 0 Å². The lowest BCUT2D eigenvalue weighted by atomic mass is 10.1. The van der Waals surface area contributed by atoms with Crippen LogP contribution in [0, 0.1) is 11.6 Å². The molecule has 46 heavy (non-hydrogen) atoms. The van der Waals surface area contributed by atoms with Crippen LogP contribution in [0.25, 0.3) is 0 Å². The van der Waals surface area contributed by atoms with Crippen LogP contribution in [-0.4, -0.2) is 101 Å². The van der Waals surface area contributed by atoms with Crippen molar-refractivity contribution in [1.29, 1.82) is 0 Å². The van der Waals surface area contributed by atoms with Gasteiger partial charge in [0.05, 0.1) is 31.1 Å². The average molecular weight is 641 g/mol. The molecule has 4 rings (SSSR count). The lowest BCUT2D eigenvalue weighted by molar-refractivity contribution is -0.141. The summed E-state index contributed by atoms with van der Waals surface area (Å²) in [6, 6.07) is 9.62. The summed E-state index contributed by atoms with van der Waals surface area (Å²) < 4.78 is 40.5. The Hall–Kier alpha value is -4.36. The maximum atomic E-state index is 14.2. The van der Waals surface area contributed by atoms with Gasteiger partial charge in [-0.3, -0.25) is 14.4 Å². The number of nitrogens with zero attached hydrogens (tertiary/aromatic N) is 4. The molecule has 0 aliphatic carbocycles. The Kier molecular flexibility index (Phi) is 11.8. The van der Waals surface area contributed by atoms with Crippen LogP contribution in [0.4, 0.5) is 8.78 Å². The highest BCUT2D eigenvalue weighted by molar-refractivity contribution is 5.92. The van der Waals surface area contributed by atoms with Crippen LogP contribution < -0.4 is 15.4 Å². The van der Waals surface area contributed by atoms with Gasteiger partial charge in [-0.25, -0.2) is 13.8 Å². The fourth-order valence-corrected chi connectivity index (χ4v) is 5.34. The zero-order valence-electron chi connectivity index (χ0n) is 26.8. The number of hydrogen-bond donors (Lipinski definition) is 2. The van der Waals surface area contributed by atoms with Crippen molar-refractivity contribution in [3.8, 4) is 5.75 Å². The molecule has 248 valence electrons. The number of hydrogen-bond acceptors (Lipinski definition) is 7. The lowest BCUT2D eigenvalue weighted by Crippen LogP contribution is -2.58. The van der Waals surface area contributed by atoms with E-state index < -0.39 is 36.2 Å². The Morgan fingerprint density at radius 3 is 2.30 bits per heavy atom. The minimum Gasteiger partial charge on any atom is -0.489 e. The van der Waals surface area contributed by atoms with Crippen molar-refractivity contribution in [2.24, 2.45) is 7.05 Å². The molecular formula is C33H42F2N6O5. The number of amides is 3. The van der Waals surface area contributed by atoms with E-state index in [-0.39, 0.29) is 48.9 Å². The highest BCUT2D eigenvalue weighted by atomic mass is 19.1. The summed E-state index contributed by atoms with van der Waals surface area (Å²) in [7, 11) is 4.87. The second kappa shape index (κ2) is 15.8. The maximum Gasteiger partial charge on any atom is 0.274 e. The number of aromatic nitrogens is 2. The average Bonchev–Trinajstić information content (AvgIpc) is 3.67. The molecule has 0 unspecified atom stereocenters. The van der Waals surface area contributed by atoms with Crippen LogP contribution in [0.15, 0.2) is 61.1 Å². The molecule has 3 amide bonds. The minimum absolute atomic E-state index is 0.139. The molecule has 1 aromatic heterocycles. The van der Waals surface area contributed by atoms with Gasteiger partial charge in [-0.15, -0.1) is 0 Å². The third kappa shape index (κ3) is 8.88. The van der Waals surface area contributed by atoms with Crippen molar-refractivity contribution in [2.75, 3.05) is 33.8 Å². The summed E-state index contributed by atoms with van der Waals surface area (Å²) in [5.74, 6) is -1.39. The first kappa shape index (κ1) is 34.5. The van der Waals surface area contributed by atoms with E-state index in [1.54, 1.807) is 60.6 Å². The Labute approximate surface area is 267 Å². The van der Waals surface area contributed by atoms with Gasteiger partial charge in [0.2, 0.25) is 11.8 Å². The van der Waals surface area contributed by atoms with E-state index in [0.717, 1.165) is 5.56 Å². The molecule has 2 heterocycles. The van der Waals surface area contributed by atoms with Crippen LogP contribution in [0.1, 0.15) is 36.3 Å². The molecule has 1 fully saturated rings. The number of ether oxygens (including phenoxy) is 2. The quantitative estimate of drug-likeness (QED) is 0.278. The van der Waals surface area contributed by atoms with Crippen LogP contribution >= 0.6 is 0 Å². The first-order valence-corrected chi connectivity index (χ1v) is 15.2. The first-order chi connectivity index (χ1) is 22.0. The molecule has 0 spiro atoms. The zero-order valence-corrected chi connectivity index (χ0v) is 26.8. The fraction of sp³-hybridized carbons (Fsp3) is 0.455. The molecule has 3 aromatic rings. The Bertz CT molecular complexity index is 1470. The number of imidazole rings is 1. The fourth-order valence-electron chi connectivity index (χ4n) is 5.34. The molecule has 0 bridgehead atoms. The number of nitrogens with one attached hydrogen (secondary N) is 2. The molecule has 2 N–H and O–H groups in total. The molecule has 1 saturated heterocycles. The highest BCUT2D eigenvalue weighted by Gasteiger charge is 2.42. The number of carbonyl (C=O) groups excluding carboxylic acids is 3. The summed E-state index contributed by atoms with van der Waals surface area (Å²) in [6.45, 7) is 3.96. The molecular weight excluding hydrogens is 598 g/mol. The largest absolute Gasteiger partial charge is 0.489 e. The van der Waals surface area contributed by atoms with Crippen molar-refractivity contribution in [3.63, 3.8) is 0 Å².